The minimum absolute atomic E-state index is 0.366. The Bertz CT molecular complexity index is 892. The van der Waals surface area contributed by atoms with Crippen LogP contribution in [-0.4, -0.2) is 24.0 Å². The van der Waals surface area contributed by atoms with Gasteiger partial charge in [0.2, 0.25) is 0 Å². The zero-order valence-electron chi connectivity index (χ0n) is 17.1. The van der Waals surface area contributed by atoms with E-state index in [-0.39, 0.29) is 0 Å². The molecule has 1 heterocycles. The molecule has 1 saturated carbocycles. The standard InChI is InChI=1S/C26H30BrNO/c1-2-14-28-15-13-26-12-4-3-5-23(26)25(28)16-20-8-11-22(17-24(20)26)29-18-19-6-9-21(27)10-7-19/h2,6-11,17,23,25H,1,3-5,12-16,18H2. The summed E-state index contributed by atoms with van der Waals surface area (Å²) in [6.07, 6.45) is 10.0. The largest absolute Gasteiger partial charge is 0.489 e. The Morgan fingerprint density at radius 1 is 1.14 bits per heavy atom. The highest BCUT2D eigenvalue weighted by molar-refractivity contribution is 9.10. The summed E-state index contributed by atoms with van der Waals surface area (Å²) in [5, 5.41) is 0. The molecule has 2 aromatic carbocycles. The molecule has 5 rings (SSSR count). The SMILES string of the molecule is C=CCN1CCC23CCCCC2C1Cc1ccc(OCc2ccc(Br)cc2)cc13. The van der Waals surface area contributed by atoms with Crippen molar-refractivity contribution in [2.45, 2.75) is 56.6 Å². The van der Waals surface area contributed by atoms with Gasteiger partial charge in [-0.05, 0) is 79.1 Å². The molecule has 2 fully saturated rings. The quantitative estimate of drug-likeness (QED) is 0.496. The summed E-state index contributed by atoms with van der Waals surface area (Å²) in [5.41, 5.74) is 4.73. The minimum atomic E-state index is 0.366. The third-order valence-corrected chi connectivity index (χ3v) is 8.13. The highest BCUT2D eigenvalue weighted by atomic mass is 79.9. The Hall–Kier alpha value is -1.58. The lowest BCUT2D eigenvalue weighted by molar-refractivity contribution is -0.00521. The van der Waals surface area contributed by atoms with Gasteiger partial charge in [0.15, 0.2) is 0 Å². The third kappa shape index (κ3) is 3.47. The summed E-state index contributed by atoms with van der Waals surface area (Å²) >= 11 is 3.50. The molecule has 0 N–H and O–H groups in total. The first kappa shape index (κ1) is 19.4. The van der Waals surface area contributed by atoms with Gasteiger partial charge in [0.25, 0.3) is 0 Å². The molecular weight excluding hydrogens is 422 g/mol. The lowest BCUT2D eigenvalue weighted by Crippen LogP contribution is -2.60. The van der Waals surface area contributed by atoms with Crippen LogP contribution in [0, 0.1) is 5.92 Å². The Balaban J connectivity index is 1.44. The van der Waals surface area contributed by atoms with E-state index in [1.807, 2.05) is 0 Å². The summed E-state index contributed by atoms with van der Waals surface area (Å²) in [6, 6.07) is 16.0. The normalized spacial score (nSPS) is 28.3. The van der Waals surface area contributed by atoms with Crippen LogP contribution in [-0.2, 0) is 18.4 Å². The van der Waals surface area contributed by atoms with Crippen molar-refractivity contribution in [2.75, 3.05) is 13.1 Å². The van der Waals surface area contributed by atoms with Gasteiger partial charge in [0, 0.05) is 22.5 Å². The molecule has 1 saturated heterocycles. The molecule has 152 valence electrons. The number of fused-ring (bicyclic) bond motifs is 1. The average Bonchev–Trinajstić information content (AvgIpc) is 2.75. The van der Waals surface area contributed by atoms with Gasteiger partial charge in [-0.2, -0.15) is 0 Å². The molecule has 0 spiro atoms. The molecule has 3 aliphatic rings. The van der Waals surface area contributed by atoms with Crippen LogP contribution < -0.4 is 4.74 Å². The van der Waals surface area contributed by atoms with Gasteiger partial charge in [-0.25, -0.2) is 0 Å². The van der Waals surface area contributed by atoms with Crippen molar-refractivity contribution < 1.29 is 4.74 Å². The van der Waals surface area contributed by atoms with Crippen molar-refractivity contribution in [1.82, 2.24) is 4.90 Å². The number of piperidine rings is 1. The maximum absolute atomic E-state index is 6.23. The van der Waals surface area contributed by atoms with Crippen molar-refractivity contribution in [3.05, 3.63) is 76.3 Å². The molecule has 0 aromatic heterocycles. The van der Waals surface area contributed by atoms with Gasteiger partial charge < -0.3 is 4.74 Å². The van der Waals surface area contributed by atoms with E-state index in [4.69, 9.17) is 4.74 Å². The number of hydrogen-bond acceptors (Lipinski definition) is 2. The molecular formula is C26H30BrNO. The fourth-order valence-corrected chi connectivity index (χ4v) is 6.56. The Kier molecular flexibility index (Phi) is 5.30. The first-order valence-corrected chi connectivity index (χ1v) is 11.8. The fraction of sp³-hybridized carbons (Fsp3) is 0.462. The van der Waals surface area contributed by atoms with Crippen LogP contribution in [0.1, 0.15) is 48.8 Å². The third-order valence-electron chi connectivity index (χ3n) is 7.61. The van der Waals surface area contributed by atoms with Crippen molar-refractivity contribution in [3.63, 3.8) is 0 Å². The highest BCUT2D eigenvalue weighted by Gasteiger charge is 2.53. The Morgan fingerprint density at radius 2 is 2.00 bits per heavy atom. The predicted molar refractivity (Wildman–Crippen MR) is 122 cm³/mol. The number of nitrogens with zero attached hydrogens (tertiary/aromatic N) is 1. The molecule has 0 radical (unpaired) electrons. The first-order valence-electron chi connectivity index (χ1n) is 11.1. The molecule has 3 heteroatoms. The second-order valence-electron chi connectivity index (χ2n) is 9.05. The number of rotatable bonds is 5. The monoisotopic (exact) mass is 451 g/mol. The summed E-state index contributed by atoms with van der Waals surface area (Å²) < 4.78 is 7.34. The average molecular weight is 452 g/mol. The highest BCUT2D eigenvalue weighted by Crippen LogP contribution is 2.56. The van der Waals surface area contributed by atoms with Gasteiger partial charge in [0.1, 0.15) is 12.4 Å². The van der Waals surface area contributed by atoms with E-state index in [2.05, 4.69) is 75.9 Å². The summed E-state index contributed by atoms with van der Waals surface area (Å²) in [4.78, 5) is 2.70. The van der Waals surface area contributed by atoms with E-state index in [0.717, 1.165) is 22.7 Å². The number of ether oxygens (including phenoxy) is 1. The zero-order valence-corrected chi connectivity index (χ0v) is 18.7. The van der Waals surface area contributed by atoms with Crippen molar-refractivity contribution in [3.8, 4) is 5.75 Å². The van der Waals surface area contributed by atoms with Gasteiger partial charge in [0.05, 0.1) is 0 Å². The van der Waals surface area contributed by atoms with Crippen LogP contribution in [0.2, 0.25) is 0 Å². The van der Waals surface area contributed by atoms with Crippen LogP contribution in [0.25, 0.3) is 0 Å². The van der Waals surface area contributed by atoms with Crippen molar-refractivity contribution >= 4 is 15.9 Å². The van der Waals surface area contributed by atoms with E-state index in [9.17, 15) is 0 Å². The molecule has 3 atom stereocenters. The number of benzene rings is 2. The van der Waals surface area contributed by atoms with Gasteiger partial charge in [-0.15, -0.1) is 6.58 Å². The molecule has 2 aromatic rings. The van der Waals surface area contributed by atoms with Crippen molar-refractivity contribution in [2.24, 2.45) is 5.92 Å². The van der Waals surface area contributed by atoms with E-state index >= 15 is 0 Å². The molecule has 2 aliphatic carbocycles. The van der Waals surface area contributed by atoms with Crippen LogP contribution in [0.4, 0.5) is 0 Å². The summed E-state index contributed by atoms with van der Waals surface area (Å²) in [7, 11) is 0. The molecule has 0 amide bonds. The van der Waals surface area contributed by atoms with Crippen LogP contribution in [0.15, 0.2) is 59.6 Å². The Labute approximate surface area is 183 Å². The van der Waals surface area contributed by atoms with E-state index < -0.39 is 0 Å². The van der Waals surface area contributed by atoms with Gasteiger partial charge in [-0.3, -0.25) is 4.90 Å². The molecule has 1 aliphatic heterocycles. The fourth-order valence-electron chi connectivity index (χ4n) is 6.29. The summed E-state index contributed by atoms with van der Waals surface area (Å²) in [5.74, 6) is 1.82. The first-order chi connectivity index (χ1) is 14.2. The number of hydrogen-bond donors (Lipinski definition) is 0. The van der Waals surface area contributed by atoms with Gasteiger partial charge >= 0.3 is 0 Å². The van der Waals surface area contributed by atoms with Crippen LogP contribution >= 0.6 is 15.9 Å². The van der Waals surface area contributed by atoms with Gasteiger partial charge in [-0.1, -0.05) is 53.0 Å². The molecule has 2 nitrogen and oxygen atoms in total. The van der Waals surface area contributed by atoms with Crippen LogP contribution in [0.5, 0.6) is 5.75 Å². The molecule has 29 heavy (non-hydrogen) atoms. The number of likely N-dealkylation sites (tertiary alicyclic amines) is 1. The minimum Gasteiger partial charge on any atom is -0.489 e. The molecule has 3 unspecified atom stereocenters. The maximum atomic E-state index is 6.23. The predicted octanol–water partition coefficient (Wildman–Crippen LogP) is 6.27. The topological polar surface area (TPSA) is 12.5 Å². The van der Waals surface area contributed by atoms with E-state index in [1.165, 1.54) is 50.6 Å². The Morgan fingerprint density at radius 3 is 2.83 bits per heavy atom. The van der Waals surface area contributed by atoms with E-state index in [1.54, 1.807) is 11.1 Å². The van der Waals surface area contributed by atoms with Crippen LogP contribution in [0.3, 0.4) is 0 Å². The number of halogens is 1. The van der Waals surface area contributed by atoms with E-state index in [0.29, 0.717) is 18.1 Å². The maximum Gasteiger partial charge on any atom is 0.120 e. The second kappa shape index (κ2) is 7.92. The second-order valence-corrected chi connectivity index (χ2v) is 9.96. The lowest BCUT2D eigenvalue weighted by atomic mass is 9.52. The summed E-state index contributed by atoms with van der Waals surface area (Å²) in [6.45, 7) is 6.87. The lowest BCUT2D eigenvalue weighted by Gasteiger charge is -2.59. The smallest absolute Gasteiger partial charge is 0.120 e. The van der Waals surface area contributed by atoms with Crippen molar-refractivity contribution in [1.29, 1.82) is 0 Å². The zero-order chi connectivity index (χ0) is 19.8. The molecule has 2 bridgehead atoms.